The van der Waals surface area contributed by atoms with Crippen molar-refractivity contribution in [3.05, 3.63) is 81.7 Å². The van der Waals surface area contributed by atoms with E-state index in [2.05, 4.69) is 5.32 Å². The normalized spacial score (nSPS) is 10.4. The highest BCUT2D eigenvalue weighted by Gasteiger charge is 2.12. The zero-order chi connectivity index (χ0) is 20.1. The van der Waals surface area contributed by atoms with E-state index in [0.717, 1.165) is 5.75 Å². The van der Waals surface area contributed by atoms with Crippen molar-refractivity contribution < 1.29 is 14.3 Å². The van der Waals surface area contributed by atoms with Crippen molar-refractivity contribution in [2.24, 2.45) is 7.05 Å². The van der Waals surface area contributed by atoms with E-state index in [1.54, 1.807) is 55.6 Å². The molecule has 0 saturated carbocycles. The third kappa shape index (κ3) is 4.72. The van der Waals surface area contributed by atoms with Crippen molar-refractivity contribution in [2.75, 3.05) is 11.9 Å². The van der Waals surface area contributed by atoms with Gasteiger partial charge in [0.2, 0.25) is 0 Å². The molecule has 3 rings (SSSR count). The molecule has 0 aliphatic rings. The molecule has 1 amide bonds. The van der Waals surface area contributed by atoms with Gasteiger partial charge in [-0.3, -0.25) is 9.59 Å². The monoisotopic (exact) mass is 398 g/mol. The summed E-state index contributed by atoms with van der Waals surface area (Å²) in [5, 5.41) is 3.19. The number of rotatable bonds is 6. The highest BCUT2D eigenvalue weighted by molar-refractivity contribution is 6.31. The molecule has 1 aromatic heterocycles. The van der Waals surface area contributed by atoms with Crippen molar-refractivity contribution in [1.29, 1.82) is 0 Å². The largest absolute Gasteiger partial charge is 0.494 e. The van der Waals surface area contributed by atoms with Gasteiger partial charge >= 0.3 is 0 Å². The number of aromatic nitrogens is 1. The van der Waals surface area contributed by atoms with Gasteiger partial charge in [0.1, 0.15) is 11.5 Å². The maximum absolute atomic E-state index is 12.5. The Morgan fingerprint density at radius 2 is 1.79 bits per heavy atom. The number of aryl methyl sites for hydroxylation is 1. The molecule has 7 heteroatoms. The molecular weight excluding hydrogens is 380 g/mol. The molecule has 0 saturated heterocycles. The van der Waals surface area contributed by atoms with Gasteiger partial charge in [0, 0.05) is 29.9 Å². The van der Waals surface area contributed by atoms with Crippen LogP contribution in [0.4, 0.5) is 5.69 Å². The van der Waals surface area contributed by atoms with E-state index < -0.39 is 5.91 Å². The van der Waals surface area contributed by atoms with E-state index in [1.165, 1.54) is 16.8 Å². The quantitative estimate of drug-likeness (QED) is 0.664. The van der Waals surface area contributed by atoms with E-state index >= 15 is 0 Å². The molecule has 0 spiro atoms. The third-order valence-corrected chi connectivity index (χ3v) is 4.15. The van der Waals surface area contributed by atoms with Gasteiger partial charge in [-0.05, 0) is 55.5 Å². The lowest BCUT2D eigenvalue weighted by molar-refractivity contribution is 0.102. The summed E-state index contributed by atoms with van der Waals surface area (Å²) in [6.45, 7) is 2.49. The average Bonchev–Trinajstić information content (AvgIpc) is 2.67. The first-order valence-corrected chi connectivity index (χ1v) is 9.02. The van der Waals surface area contributed by atoms with Gasteiger partial charge in [0.05, 0.1) is 12.3 Å². The van der Waals surface area contributed by atoms with E-state index in [9.17, 15) is 9.59 Å². The molecule has 0 aliphatic heterocycles. The van der Waals surface area contributed by atoms with Crippen molar-refractivity contribution in [3.63, 3.8) is 0 Å². The minimum absolute atomic E-state index is 0.245. The standard InChI is InChI=1S/C21H19ClN2O4/c1-3-27-16-5-7-17(8-6-16)28-19-9-4-15(22)13-18(19)23-21(26)14-10-11-24(2)20(25)12-14/h4-13H,3H2,1-2H3,(H,23,26). The summed E-state index contributed by atoms with van der Waals surface area (Å²) in [4.78, 5) is 24.3. The Kier molecular flexibility index (Phi) is 6.01. The van der Waals surface area contributed by atoms with Crippen LogP contribution in [0.5, 0.6) is 17.2 Å². The van der Waals surface area contributed by atoms with Crippen LogP contribution in [0.15, 0.2) is 65.6 Å². The van der Waals surface area contributed by atoms with Crippen molar-refractivity contribution in [1.82, 2.24) is 4.57 Å². The maximum atomic E-state index is 12.5. The number of pyridine rings is 1. The lowest BCUT2D eigenvalue weighted by Crippen LogP contribution is -2.20. The summed E-state index contributed by atoms with van der Waals surface area (Å²) in [6, 6.07) is 14.9. The Balaban J connectivity index is 1.83. The van der Waals surface area contributed by atoms with Crippen LogP contribution in [0, 0.1) is 0 Å². The van der Waals surface area contributed by atoms with Crippen molar-refractivity contribution in [3.8, 4) is 17.2 Å². The molecule has 1 heterocycles. The number of carbonyl (C=O) groups excluding carboxylic acids is 1. The number of ether oxygens (including phenoxy) is 2. The summed E-state index contributed by atoms with van der Waals surface area (Å²) in [7, 11) is 1.61. The molecule has 0 fully saturated rings. The predicted octanol–water partition coefficient (Wildman–Crippen LogP) is 4.48. The number of hydrogen-bond acceptors (Lipinski definition) is 4. The Bertz CT molecular complexity index is 1050. The minimum Gasteiger partial charge on any atom is -0.494 e. The molecule has 0 bridgehead atoms. The topological polar surface area (TPSA) is 69.6 Å². The number of carbonyl (C=O) groups is 1. The molecule has 0 unspecified atom stereocenters. The fourth-order valence-corrected chi connectivity index (χ4v) is 2.64. The van der Waals surface area contributed by atoms with Gasteiger partial charge in [-0.15, -0.1) is 0 Å². The van der Waals surface area contributed by atoms with Crippen LogP contribution >= 0.6 is 11.6 Å². The summed E-state index contributed by atoms with van der Waals surface area (Å²) in [6.07, 6.45) is 1.53. The number of hydrogen-bond donors (Lipinski definition) is 1. The van der Waals surface area contributed by atoms with Crippen LogP contribution in [-0.2, 0) is 7.05 Å². The van der Waals surface area contributed by atoms with Crippen LogP contribution < -0.4 is 20.3 Å². The second-order valence-corrected chi connectivity index (χ2v) is 6.40. The summed E-state index contributed by atoms with van der Waals surface area (Å²) in [5.74, 6) is 1.31. The molecule has 144 valence electrons. The number of nitrogens with zero attached hydrogens (tertiary/aromatic N) is 1. The van der Waals surface area contributed by atoms with Crippen LogP contribution in [0.25, 0.3) is 0 Å². The second kappa shape index (κ2) is 8.63. The van der Waals surface area contributed by atoms with Gasteiger partial charge in [-0.1, -0.05) is 11.6 Å². The Hall–Kier alpha value is -3.25. The van der Waals surface area contributed by atoms with E-state index in [0.29, 0.717) is 28.8 Å². The van der Waals surface area contributed by atoms with Crippen LogP contribution in [0.3, 0.4) is 0 Å². The SMILES string of the molecule is CCOc1ccc(Oc2ccc(Cl)cc2NC(=O)c2ccn(C)c(=O)c2)cc1. The average molecular weight is 399 g/mol. The minimum atomic E-state index is -0.434. The lowest BCUT2D eigenvalue weighted by atomic mass is 10.2. The number of nitrogens with one attached hydrogen (secondary N) is 1. The number of benzene rings is 2. The predicted molar refractivity (Wildman–Crippen MR) is 109 cm³/mol. The molecule has 2 aromatic carbocycles. The van der Waals surface area contributed by atoms with Gasteiger partial charge < -0.3 is 19.4 Å². The molecular formula is C21H19ClN2O4. The van der Waals surface area contributed by atoms with E-state index in [-0.39, 0.29) is 11.1 Å². The van der Waals surface area contributed by atoms with Gasteiger partial charge in [0.25, 0.3) is 11.5 Å². The molecule has 0 atom stereocenters. The van der Waals surface area contributed by atoms with Gasteiger partial charge in [0.15, 0.2) is 5.75 Å². The maximum Gasteiger partial charge on any atom is 0.256 e. The fraction of sp³-hybridized carbons (Fsp3) is 0.143. The highest BCUT2D eigenvalue weighted by Crippen LogP contribution is 2.33. The molecule has 1 N–H and O–H groups in total. The van der Waals surface area contributed by atoms with Gasteiger partial charge in [-0.25, -0.2) is 0 Å². The molecule has 0 aliphatic carbocycles. The summed E-state index contributed by atoms with van der Waals surface area (Å²) < 4.78 is 12.7. The molecule has 6 nitrogen and oxygen atoms in total. The molecule has 28 heavy (non-hydrogen) atoms. The smallest absolute Gasteiger partial charge is 0.256 e. The number of amides is 1. The first kappa shape index (κ1) is 19.5. The molecule has 3 aromatic rings. The summed E-state index contributed by atoms with van der Waals surface area (Å²) >= 11 is 6.07. The molecule has 0 radical (unpaired) electrons. The van der Waals surface area contributed by atoms with Crippen molar-refractivity contribution in [2.45, 2.75) is 6.92 Å². The van der Waals surface area contributed by atoms with E-state index in [1.807, 2.05) is 6.92 Å². The van der Waals surface area contributed by atoms with Gasteiger partial charge in [-0.2, -0.15) is 0 Å². The highest BCUT2D eigenvalue weighted by atomic mass is 35.5. The number of anilines is 1. The Morgan fingerprint density at radius 1 is 1.07 bits per heavy atom. The lowest BCUT2D eigenvalue weighted by Gasteiger charge is -2.13. The number of halogens is 1. The Morgan fingerprint density at radius 3 is 2.46 bits per heavy atom. The fourth-order valence-electron chi connectivity index (χ4n) is 2.47. The summed E-state index contributed by atoms with van der Waals surface area (Å²) in [5.41, 5.74) is 0.367. The third-order valence-electron chi connectivity index (χ3n) is 3.92. The Labute approximate surface area is 167 Å². The van der Waals surface area contributed by atoms with Crippen LogP contribution in [0.1, 0.15) is 17.3 Å². The zero-order valence-electron chi connectivity index (χ0n) is 15.4. The van der Waals surface area contributed by atoms with Crippen LogP contribution in [-0.4, -0.2) is 17.1 Å². The first-order chi connectivity index (χ1) is 13.5. The second-order valence-electron chi connectivity index (χ2n) is 5.97. The first-order valence-electron chi connectivity index (χ1n) is 8.64. The van der Waals surface area contributed by atoms with Crippen molar-refractivity contribution >= 4 is 23.2 Å². The van der Waals surface area contributed by atoms with Crippen LogP contribution in [0.2, 0.25) is 5.02 Å². The zero-order valence-corrected chi connectivity index (χ0v) is 16.2. The van der Waals surface area contributed by atoms with E-state index in [4.69, 9.17) is 21.1 Å².